The molecule has 0 radical (unpaired) electrons. The molecule has 3 rings (SSSR count). The third-order valence-corrected chi connectivity index (χ3v) is 4.50. The molecule has 1 aliphatic rings. The lowest BCUT2D eigenvalue weighted by atomic mass is 9.93. The van der Waals surface area contributed by atoms with Crippen molar-refractivity contribution in [2.24, 2.45) is 4.99 Å². The van der Waals surface area contributed by atoms with E-state index in [4.69, 9.17) is 0 Å². The van der Waals surface area contributed by atoms with E-state index in [2.05, 4.69) is 10.4 Å². The fraction of sp³-hybridized carbons (Fsp3) is 0.250. The first-order chi connectivity index (χ1) is 14.7. The first-order valence-corrected chi connectivity index (χ1v) is 8.92. The highest BCUT2D eigenvalue weighted by atomic mass is 19.4. The van der Waals surface area contributed by atoms with Gasteiger partial charge in [-0.25, -0.2) is 5.43 Å². The number of nitrogens with one attached hydrogen (secondary N) is 1. The highest BCUT2D eigenvalue weighted by Crippen LogP contribution is 2.42. The van der Waals surface area contributed by atoms with Crippen LogP contribution in [-0.4, -0.2) is 19.2 Å². The van der Waals surface area contributed by atoms with Crippen molar-refractivity contribution in [3.63, 3.8) is 0 Å². The summed E-state index contributed by atoms with van der Waals surface area (Å²) in [6.07, 6.45) is -12.6. The maximum Gasteiger partial charge on any atom is 0.416 e. The number of nitrogens with zero attached hydrogens (tertiary/aromatic N) is 2. The van der Waals surface area contributed by atoms with Crippen LogP contribution in [0.2, 0.25) is 0 Å². The topological polar surface area (TPSA) is 27.6 Å². The zero-order valence-corrected chi connectivity index (χ0v) is 15.9. The van der Waals surface area contributed by atoms with E-state index >= 15 is 0 Å². The van der Waals surface area contributed by atoms with Crippen LogP contribution < -0.4 is 10.4 Å². The minimum Gasteiger partial charge on any atom is -0.265 e. The normalized spacial score (nSPS) is 16.2. The number of hydrogen-bond donors (Lipinski definition) is 1. The Morgan fingerprint density at radius 3 is 1.84 bits per heavy atom. The molecule has 1 atom stereocenters. The molecule has 2 aromatic rings. The summed E-state index contributed by atoms with van der Waals surface area (Å²) in [6.45, 7) is 0.353. The third kappa shape index (κ3) is 5.61. The summed E-state index contributed by atoms with van der Waals surface area (Å²) in [4.78, 5) is 3.92. The SMILES string of the molecule is FC(F)(F)c1cc([C@H](/C=C/c2ccc(N3C=NCN3)cc2)C(F)(F)F)cc(C(F)(F)F)c1. The number of aliphatic imine (C=N–C) groups is 1. The average Bonchev–Trinajstić information content (AvgIpc) is 3.21. The van der Waals surface area contributed by atoms with Gasteiger partial charge in [0.2, 0.25) is 0 Å². The zero-order chi connectivity index (χ0) is 23.7. The quantitative estimate of drug-likeness (QED) is 0.528. The molecule has 0 saturated heterocycles. The number of allylic oxidation sites excluding steroid dienone is 1. The minimum absolute atomic E-state index is 0.0826. The highest BCUT2D eigenvalue weighted by Gasteiger charge is 2.43. The van der Waals surface area contributed by atoms with Crippen LogP contribution >= 0.6 is 0 Å². The highest BCUT2D eigenvalue weighted by molar-refractivity contribution is 5.79. The molecule has 2 aromatic carbocycles. The number of anilines is 1. The molecule has 0 saturated carbocycles. The Balaban J connectivity index is 1.97. The lowest BCUT2D eigenvalue weighted by Gasteiger charge is -2.21. The van der Waals surface area contributed by atoms with E-state index in [1.807, 2.05) is 0 Å². The molecule has 1 heterocycles. The molecule has 1 N–H and O–H groups in total. The smallest absolute Gasteiger partial charge is 0.265 e. The molecule has 0 unspecified atom stereocenters. The van der Waals surface area contributed by atoms with Crippen LogP contribution in [0.25, 0.3) is 6.08 Å². The fourth-order valence-electron chi connectivity index (χ4n) is 2.96. The van der Waals surface area contributed by atoms with E-state index in [-0.39, 0.29) is 23.8 Å². The molecule has 0 spiro atoms. The molecule has 172 valence electrons. The predicted molar refractivity (Wildman–Crippen MR) is 99.7 cm³/mol. The van der Waals surface area contributed by atoms with Crippen LogP contribution in [0.15, 0.2) is 53.5 Å². The van der Waals surface area contributed by atoms with Gasteiger partial charge in [-0.1, -0.05) is 24.3 Å². The first-order valence-electron chi connectivity index (χ1n) is 8.92. The van der Waals surface area contributed by atoms with Crippen molar-refractivity contribution < 1.29 is 39.5 Å². The Morgan fingerprint density at radius 1 is 0.844 bits per heavy atom. The van der Waals surface area contributed by atoms with Crippen LogP contribution in [0.4, 0.5) is 45.2 Å². The molecule has 0 aromatic heterocycles. The van der Waals surface area contributed by atoms with Gasteiger partial charge in [0.15, 0.2) is 0 Å². The van der Waals surface area contributed by atoms with Crippen molar-refractivity contribution in [1.29, 1.82) is 0 Å². The van der Waals surface area contributed by atoms with Crippen molar-refractivity contribution in [1.82, 2.24) is 5.43 Å². The largest absolute Gasteiger partial charge is 0.416 e. The summed E-state index contributed by atoms with van der Waals surface area (Å²) in [7, 11) is 0. The minimum atomic E-state index is -5.25. The van der Waals surface area contributed by atoms with Crippen LogP contribution in [0.5, 0.6) is 0 Å². The monoisotopic (exact) mass is 467 g/mol. The Labute approximate surface area is 175 Å². The lowest BCUT2D eigenvalue weighted by molar-refractivity contribution is -0.146. The third-order valence-electron chi connectivity index (χ3n) is 4.50. The fourth-order valence-corrected chi connectivity index (χ4v) is 2.96. The summed E-state index contributed by atoms with van der Waals surface area (Å²) < 4.78 is 119. The van der Waals surface area contributed by atoms with Gasteiger partial charge < -0.3 is 0 Å². The Morgan fingerprint density at radius 2 is 1.41 bits per heavy atom. The second kappa shape index (κ2) is 8.49. The average molecular weight is 467 g/mol. The number of rotatable bonds is 4. The second-order valence-corrected chi connectivity index (χ2v) is 6.79. The molecule has 3 nitrogen and oxygen atoms in total. The molecule has 12 heteroatoms. The molecule has 0 amide bonds. The number of hydrogen-bond acceptors (Lipinski definition) is 3. The molecule has 0 aliphatic carbocycles. The Hall–Kier alpha value is -3.02. The summed E-state index contributed by atoms with van der Waals surface area (Å²) in [5.74, 6) is -2.68. The van der Waals surface area contributed by atoms with Crippen molar-refractivity contribution in [2.75, 3.05) is 11.7 Å². The Bertz CT molecular complexity index is 971. The van der Waals surface area contributed by atoms with Gasteiger partial charge in [-0.2, -0.15) is 39.5 Å². The van der Waals surface area contributed by atoms with E-state index in [0.29, 0.717) is 18.4 Å². The molecule has 0 fully saturated rings. The number of alkyl halides is 9. The van der Waals surface area contributed by atoms with Crippen molar-refractivity contribution in [3.8, 4) is 0 Å². The van der Waals surface area contributed by atoms with Crippen molar-refractivity contribution >= 4 is 18.1 Å². The van der Waals surface area contributed by atoms with Gasteiger partial charge in [0.25, 0.3) is 0 Å². The number of halogens is 9. The Kier molecular flexibility index (Phi) is 6.27. The van der Waals surface area contributed by atoms with Crippen LogP contribution in [0.1, 0.15) is 28.2 Å². The molecule has 1 aliphatic heterocycles. The number of hydrazine groups is 1. The van der Waals surface area contributed by atoms with Crippen LogP contribution in [0.3, 0.4) is 0 Å². The van der Waals surface area contributed by atoms with Gasteiger partial charge in [0.1, 0.15) is 13.0 Å². The lowest BCUT2D eigenvalue weighted by Crippen LogP contribution is -2.30. The van der Waals surface area contributed by atoms with Gasteiger partial charge in [-0.15, -0.1) is 0 Å². The van der Waals surface area contributed by atoms with Gasteiger partial charge in [0, 0.05) is 0 Å². The molecule has 32 heavy (non-hydrogen) atoms. The number of benzene rings is 2. The van der Waals surface area contributed by atoms with E-state index in [9.17, 15) is 39.5 Å². The van der Waals surface area contributed by atoms with E-state index in [1.54, 1.807) is 17.1 Å². The van der Waals surface area contributed by atoms with Gasteiger partial charge >= 0.3 is 18.5 Å². The predicted octanol–water partition coefficient (Wildman–Crippen LogP) is 6.39. The summed E-state index contributed by atoms with van der Waals surface area (Å²) in [6, 6.07) is 5.95. The molecule has 0 bridgehead atoms. The first kappa shape index (κ1) is 23.6. The summed E-state index contributed by atoms with van der Waals surface area (Å²) in [5, 5.41) is 1.56. The van der Waals surface area contributed by atoms with Gasteiger partial charge in [-0.3, -0.25) is 10.0 Å². The van der Waals surface area contributed by atoms with Crippen LogP contribution in [0, 0.1) is 0 Å². The van der Waals surface area contributed by atoms with Gasteiger partial charge in [-0.05, 0) is 41.5 Å². The summed E-state index contributed by atoms with van der Waals surface area (Å²) >= 11 is 0. The van der Waals surface area contributed by atoms with Crippen molar-refractivity contribution in [3.05, 3.63) is 70.8 Å². The van der Waals surface area contributed by atoms with E-state index < -0.39 is 41.1 Å². The summed E-state index contributed by atoms with van der Waals surface area (Å²) in [5.41, 5.74) is -1.01. The van der Waals surface area contributed by atoms with Crippen molar-refractivity contribution in [2.45, 2.75) is 24.4 Å². The van der Waals surface area contributed by atoms with Crippen LogP contribution in [-0.2, 0) is 12.4 Å². The van der Waals surface area contributed by atoms with E-state index in [0.717, 1.165) is 6.08 Å². The second-order valence-electron chi connectivity index (χ2n) is 6.79. The maximum absolute atomic E-state index is 13.6. The molecular weight excluding hydrogens is 453 g/mol. The standard InChI is InChI=1S/C20H14F9N3/c21-18(22,23)14-7-13(8-15(9-14)19(24,25)26)17(20(27,28)29)6-3-12-1-4-16(5-2-12)32-11-30-10-31-32/h1-9,11,17,31H,10H2/b6-3+/t17-/m0/s1. The zero-order valence-electron chi connectivity index (χ0n) is 15.9. The van der Waals surface area contributed by atoms with Gasteiger partial charge in [0.05, 0.1) is 22.7 Å². The molecular formula is C20H14F9N3. The maximum atomic E-state index is 13.6. The van der Waals surface area contributed by atoms with E-state index in [1.165, 1.54) is 18.5 Å².